The fraction of sp³-hybridized carbons (Fsp3) is 0.214. The van der Waals surface area contributed by atoms with Gasteiger partial charge in [0.1, 0.15) is 0 Å². The largest absolute Gasteiger partial charge is 0.469 e. The van der Waals surface area contributed by atoms with Gasteiger partial charge in [-0.05, 0) is 12.5 Å². The summed E-state index contributed by atoms with van der Waals surface area (Å²) in [6.45, 7) is 1.80. The van der Waals surface area contributed by atoms with Crippen molar-refractivity contribution in [3.8, 4) is 0 Å². The van der Waals surface area contributed by atoms with Crippen LogP contribution in [0.2, 0.25) is 0 Å². The molecule has 16 heavy (non-hydrogen) atoms. The molecule has 0 amide bonds. The molecule has 0 saturated carbocycles. The molecule has 0 fully saturated rings. The molecule has 1 rings (SSSR count). The minimum absolute atomic E-state index is 0.203. The van der Waals surface area contributed by atoms with Crippen molar-refractivity contribution in [3.63, 3.8) is 0 Å². The first-order valence-electron chi connectivity index (χ1n) is 5.22. The Morgan fingerprint density at radius 2 is 1.94 bits per heavy atom. The Morgan fingerprint density at radius 3 is 2.56 bits per heavy atom. The molecule has 0 unspecified atom stereocenters. The van der Waals surface area contributed by atoms with E-state index in [0.29, 0.717) is 0 Å². The van der Waals surface area contributed by atoms with Gasteiger partial charge in [0.05, 0.1) is 13.0 Å². The lowest BCUT2D eigenvalue weighted by molar-refractivity contribution is -0.143. The quantitative estimate of drug-likeness (QED) is 0.571. The van der Waals surface area contributed by atoms with Crippen molar-refractivity contribution in [1.82, 2.24) is 0 Å². The lowest BCUT2D eigenvalue weighted by atomic mass is 10.1. The molecule has 0 aliphatic rings. The molecule has 0 spiro atoms. The average molecular weight is 216 g/mol. The normalized spacial score (nSPS) is 13.1. The van der Waals surface area contributed by atoms with Crippen LogP contribution in [0.5, 0.6) is 0 Å². The van der Waals surface area contributed by atoms with Gasteiger partial charge in [0, 0.05) is 0 Å². The third kappa shape index (κ3) is 4.13. The van der Waals surface area contributed by atoms with Crippen LogP contribution in [0.3, 0.4) is 0 Å². The molecule has 84 valence electrons. The van der Waals surface area contributed by atoms with Gasteiger partial charge in [-0.15, -0.1) is 0 Å². The highest BCUT2D eigenvalue weighted by Crippen LogP contribution is 2.03. The SMILES string of the molecule is COC(=O)[C@@H](C)/C=C/C=C/c1ccccc1. The molecule has 2 nitrogen and oxygen atoms in total. The van der Waals surface area contributed by atoms with Gasteiger partial charge in [0.2, 0.25) is 0 Å². The number of rotatable bonds is 4. The van der Waals surface area contributed by atoms with Gasteiger partial charge >= 0.3 is 5.97 Å². The van der Waals surface area contributed by atoms with Gasteiger partial charge < -0.3 is 4.74 Å². The second-order valence-corrected chi connectivity index (χ2v) is 3.47. The second kappa shape index (κ2) is 6.62. The predicted octanol–water partition coefficient (Wildman–Crippen LogP) is 3.07. The predicted molar refractivity (Wildman–Crippen MR) is 65.8 cm³/mol. The summed E-state index contributed by atoms with van der Waals surface area (Å²) in [5, 5.41) is 0. The Labute approximate surface area is 96.2 Å². The summed E-state index contributed by atoms with van der Waals surface area (Å²) in [7, 11) is 1.40. The number of hydrogen-bond donors (Lipinski definition) is 0. The highest BCUT2D eigenvalue weighted by molar-refractivity contribution is 5.73. The third-order valence-electron chi connectivity index (χ3n) is 2.17. The third-order valence-corrected chi connectivity index (χ3v) is 2.17. The van der Waals surface area contributed by atoms with Gasteiger partial charge in [0.15, 0.2) is 0 Å². The minimum atomic E-state index is -0.218. The zero-order chi connectivity index (χ0) is 11.8. The molecule has 2 heteroatoms. The van der Waals surface area contributed by atoms with E-state index in [-0.39, 0.29) is 11.9 Å². The highest BCUT2D eigenvalue weighted by atomic mass is 16.5. The number of ether oxygens (including phenoxy) is 1. The van der Waals surface area contributed by atoms with Crippen LogP contribution in [-0.4, -0.2) is 13.1 Å². The molecule has 1 aromatic carbocycles. The van der Waals surface area contributed by atoms with Crippen molar-refractivity contribution in [2.24, 2.45) is 5.92 Å². The zero-order valence-corrected chi connectivity index (χ0v) is 9.59. The first-order valence-corrected chi connectivity index (χ1v) is 5.22. The van der Waals surface area contributed by atoms with Crippen LogP contribution < -0.4 is 0 Å². The Kier molecular flexibility index (Phi) is 5.06. The fourth-order valence-electron chi connectivity index (χ4n) is 1.23. The average Bonchev–Trinajstić information content (AvgIpc) is 2.34. The minimum Gasteiger partial charge on any atom is -0.469 e. The van der Waals surface area contributed by atoms with Gasteiger partial charge in [-0.1, -0.05) is 54.6 Å². The van der Waals surface area contributed by atoms with Crippen LogP contribution in [0, 0.1) is 5.92 Å². The van der Waals surface area contributed by atoms with Crippen molar-refractivity contribution in [2.75, 3.05) is 7.11 Å². The van der Waals surface area contributed by atoms with Gasteiger partial charge in [0.25, 0.3) is 0 Å². The summed E-state index contributed by atoms with van der Waals surface area (Å²) in [5.74, 6) is -0.421. The summed E-state index contributed by atoms with van der Waals surface area (Å²) in [5.41, 5.74) is 1.14. The smallest absolute Gasteiger partial charge is 0.312 e. The Bertz CT molecular complexity index is 377. The van der Waals surface area contributed by atoms with E-state index < -0.39 is 0 Å². The molecular formula is C14H16O2. The summed E-state index contributed by atoms with van der Waals surface area (Å²) in [6.07, 6.45) is 7.56. The molecule has 0 aliphatic carbocycles. The lowest BCUT2D eigenvalue weighted by Gasteiger charge is -2.01. The van der Waals surface area contributed by atoms with E-state index in [4.69, 9.17) is 0 Å². The van der Waals surface area contributed by atoms with E-state index in [2.05, 4.69) is 4.74 Å². The number of esters is 1. The number of methoxy groups -OCH3 is 1. The Balaban J connectivity index is 2.48. The molecule has 1 aromatic rings. The number of benzene rings is 1. The van der Waals surface area contributed by atoms with Crippen LogP contribution in [-0.2, 0) is 9.53 Å². The van der Waals surface area contributed by atoms with E-state index in [0.717, 1.165) is 5.56 Å². The van der Waals surface area contributed by atoms with Crippen LogP contribution in [0.15, 0.2) is 48.6 Å². The fourth-order valence-corrected chi connectivity index (χ4v) is 1.23. The van der Waals surface area contributed by atoms with E-state index in [1.807, 2.05) is 54.6 Å². The number of allylic oxidation sites excluding steroid dienone is 2. The molecule has 0 radical (unpaired) electrons. The molecular weight excluding hydrogens is 200 g/mol. The van der Waals surface area contributed by atoms with E-state index in [1.54, 1.807) is 6.92 Å². The van der Waals surface area contributed by atoms with Crippen molar-refractivity contribution in [1.29, 1.82) is 0 Å². The first-order chi connectivity index (χ1) is 7.74. The number of carbonyl (C=O) groups excluding carboxylic acids is 1. The monoisotopic (exact) mass is 216 g/mol. The summed E-state index contributed by atoms with van der Waals surface area (Å²) in [6, 6.07) is 10.00. The highest BCUT2D eigenvalue weighted by Gasteiger charge is 2.07. The first kappa shape index (κ1) is 12.2. The van der Waals surface area contributed by atoms with E-state index in [9.17, 15) is 4.79 Å². The lowest BCUT2D eigenvalue weighted by Crippen LogP contribution is -2.09. The van der Waals surface area contributed by atoms with Crippen LogP contribution in [0.1, 0.15) is 12.5 Å². The van der Waals surface area contributed by atoms with Crippen molar-refractivity contribution in [2.45, 2.75) is 6.92 Å². The van der Waals surface area contributed by atoms with E-state index >= 15 is 0 Å². The summed E-state index contributed by atoms with van der Waals surface area (Å²) < 4.78 is 4.61. The number of carbonyl (C=O) groups is 1. The topological polar surface area (TPSA) is 26.3 Å². The zero-order valence-electron chi connectivity index (χ0n) is 9.59. The van der Waals surface area contributed by atoms with Crippen molar-refractivity contribution in [3.05, 3.63) is 54.1 Å². The maximum absolute atomic E-state index is 11.1. The summed E-state index contributed by atoms with van der Waals surface area (Å²) >= 11 is 0. The van der Waals surface area contributed by atoms with Gasteiger partial charge in [-0.3, -0.25) is 4.79 Å². The maximum Gasteiger partial charge on any atom is 0.312 e. The summed E-state index contributed by atoms with van der Waals surface area (Å²) in [4.78, 5) is 11.1. The molecule has 0 aromatic heterocycles. The Morgan fingerprint density at radius 1 is 1.25 bits per heavy atom. The van der Waals surface area contributed by atoms with E-state index in [1.165, 1.54) is 7.11 Å². The number of hydrogen-bond acceptors (Lipinski definition) is 2. The standard InChI is InChI=1S/C14H16O2/c1-12(14(15)16-2)8-6-7-11-13-9-4-3-5-10-13/h3-12H,1-2H3/b8-6+,11-7+/t12-/m0/s1. The molecule has 0 saturated heterocycles. The molecule has 1 atom stereocenters. The second-order valence-electron chi connectivity index (χ2n) is 3.47. The maximum atomic E-state index is 11.1. The molecule has 0 bridgehead atoms. The molecule has 0 N–H and O–H groups in total. The van der Waals surface area contributed by atoms with Crippen LogP contribution in [0.4, 0.5) is 0 Å². The molecule has 0 heterocycles. The van der Waals surface area contributed by atoms with Gasteiger partial charge in [-0.2, -0.15) is 0 Å². The van der Waals surface area contributed by atoms with Crippen LogP contribution >= 0.6 is 0 Å². The van der Waals surface area contributed by atoms with Crippen molar-refractivity contribution < 1.29 is 9.53 Å². The molecule has 0 aliphatic heterocycles. The van der Waals surface area contributed by atoms with Gasteiger partial charge in [-0.25, -0.2) is 0 Å². The van der Waals surface area contributed by atoms with Crippen molar-refractivity contribution >= 4 is 12.0 Å². The van der Waals surface area contributed by atoms with Crippen LogP contribution in [0.25, 0.3) is 6.08 Å². The Hall–Kier alpha value is -1.83.